The van der Waals surface area contributed by atoms with E-state index in [-0.39, 0.29) is 5.41 Å². The van der Waals surface area contributed by atoms with E-state index in [1.807, 2.05) is 12.1 Å². The summed E-state index contributed by atoms with van der Waals surface area (Å²) in [4.78, 5) is 2.41. The van der Waals surface area contributed by atoms with Crippen molar-refractivity contribution in [2.45, 2.75) is 19.3 Å². The fourth-order valence-corrected chi connectivity index (χ4v) is 9.30. The molecular formula is C57H41NO. The molecule has 2 heteroatoms. The summed E-state index contributed by atoms with van der Waals surface area (Å²) in [5, 5.41) is 2.28. The van der Waals surface area contributed by atoms with Crippen molar-refractivity contribution in [1.29, 1.82) is 0 Å². The second-order valence-electron chi connectivity index (χ2n) is 16.1. The standard InChI is InChI=1S/C57H41NO/c1-57(2)51-19-9-6-17-50(51)56-49(18-12-20-52(56)57)46-15-7-10-21-53(46)58(44-32-27-41(28-33-44)40-25-23-39(24-26-40)38-13-4-3-5-14-38)45-34-29-42(30-35-45)43-31-36-48-47-16-8-11-22-54(47)59-55(48)37-43/h3-37H,1-2H3. The van der Waals surface area contributed by atoms with Gasteiger partial charge in [0.15, 0.2) is 0 Å². The van der Waals surface area contributed by atoms with Gasteiger partial charge in [-0.25, -0.2) is 0 Å². The van der Waals surface area contributed by atoms with Crippen LogP contribution in [0.25, 0.3) is 77.6 Å². The van der Waals surface area contributed by atoms with Gasteiger partial charge in [-0.05, 0) is 110 Å². The highest BCUT2D eigenvalue weighted by Gasteiger charge is 2.37. The van der Waals surface area contributed by atoms with Crippen LogP contribution in [0.4, 0.5) is 17.1 Å². The lowest BCUT2D eigenvalue weighted by Gasteiger charge is -2.29. The first-order valence-corrected chi connectivity index (χ1v) is 20.4. The van der Waals surface area contributed by atoms with Gasteiger partial charge in [0, 0.05) is 33.1 Å². The van der Waals surface area contributed by atoms with Gasteiger partial charge >= 0.3 is 0 Å². The molecule has 1 heterocycles. The maximum Gasteiger partial charge on any atom is 0.136 e. The Labute approximate surface area is 345 Å². The van der Waals surface area contributed by atoms with E-state index in [0.29, 0.717) is 0 Å². The number of furan rings is 1. The maximum atomic E-state index is 6.27. The van der Waals surface area contributed by atoms with Crippen molar-refractivity contribution in [3.63, 3.8) is 0 Å². The number of para-hydroxylation sites is 2. The summed E-state index contributed by atoms with van der Waals surface area (Å²) < 4.78 is 6.27. The summed E-state index contributed by atoms with van der Waals surface area (Å²) in [6.45, 7) is 4.70. The minimum absolute atomic E-state index is 0.0904. The van der Waals surface area contributed by atoms with Gasteiger partial charge in [0.1, 0.15) is 11.2 Å². The van der Waals surface area contributed by atoms with Crippen molar-refractivity contribution in [3.05, 3.63) is 223 Å². The molecule has 0 radical (unpaired) electrons. The summed E-state index contributed by atoms with van der Waals surface area (Å²) in [6.07, 6.45) is 0. The van der Waals surface area contributed by atoms with E-state index < -0.39 is 0 Å². The fraction of sp³-hybridized carbons (Fsp3) is 0.0526. The molecule has 0 aliphatic heterocycles. The van der Waals surface area contributed by atoms with Crippen LogP contribution in [0.15, 0.2) is 217 Å². The van der Waals surface area contributed by atoms with E-state index in [2.05, 4.69) is 219 Å². The molecule has 1 aliphatic rings. The molecule has 0 saturated carbocycles. The number of benzene rings is 9. The molecule has 0 atom stereocenters. The number of hydrogen-bond acceptors (Lipinski definition) is 2. The molecule has 1 aromatic heterocycles. The first kappa shape index (κ1) is 34.8. The van der Waals surface area contributed by atoms with Crippen molar-refractivity contribution in [1.82, 2.24) is 0 Å². The summed E-state index contributed by atoms with van der Waals surface area (Å²) in [7, 11) is 0. The zero-order valence-electron chi connectivity index (χ0n) is 33.1. The third kappa shape index (κ3) is 5.87. The Morgan fingerprint density at radius 3 is 1.56 bits per heavy atom. The molecule has 0 spiro atoms. The van der Waals surface area contributed by atoms with Gasteiger partial charge in [-0.15, -0.1) is 0 Å². The highest BCUT2D eigenvalue weighted by Crippen LogP contribution is 2.53. The lowest BCUT2D eigenvalue weighted by atomic mass is 9.82. The molecule has 0 unspecified atom stereocenters. The van der Waals surface area contributed by atoms with Crippen molar-refractivity contribution >= 4 is 39.0 Å². The molecular weight excluding hydrogens is 715 g/mol. The quantitative estimate of drug-likeness (QED) is 0.161. The van der Waals surface area contributed by atoms with Crippen LogP contribution in [0.1, 0.15) is 25.0 Å². The average molecular weight is 756 g/mol. The number of anilines is 3. The molecule has 2 nitrogen and oxygen atoms in total. The van der Waals surface area contributed by atoms with E-state index in [9.17, 15) is 0 Å². The van der Waals surface area contributed by atoms with E-state index in [1.54, 1.807) is 0 Å². The molecule has 0 saturated heterocycles. The Morgan fingerprint density at radius 2 is 0.847 bits per heavy atom. The topological polar surface area (TPSA) is 16.4 Å². The first-order valence-electron chi connectivity index (χ1n) is 20.4. The van der Waals surface area contributed by atoms with Gasteiger partial charge < -0.3 is 9.32 Å². The zero-order valence-corrected chi connectivity index (χ0v) is 33.1. The van der Waals surface area contributed by atoms with E-state index in [4.69, 9.17) is 4.42 Å². The van der Waals surface area contributed by atoms with Crippen LogP contribution in [-0.2, 0) is 5.41 Å². The number of hydrogen-bond donors (Lipinski definition) is 0. The van der Waals surface area contributed by atoms with Crippen LogP contribution in [0, 0.1) is 0 Å². The van der Waals surface area contributed by atoms with Crippen LogP contribution in [0.5, 0.6) is 0 Å². The zero-order chi connectivity index (χ0) is 39.5. The average Bonchev–Trinajstić information content (AvgIpc) is 3.79. The Bertz CT molecular complexity index is 3150. The van der Waals surface area contributed by atoms with E-state index >= 15 is 0 Å². The Hall–Kier alpha value is -7.42. The normalized spacial score (nSPS) is 12.7. The lowest BCUT2D eigenvalue weighted by Crippen LogP contribution is -2.14. The van der Waals surface area contributed by atoms with Crippen LogP contribution in [0.3, 0.4) is 0 Å². The van der Waals surface area contributed by atoms with Crippen LogP contribution in [-0.4, -0.2) is 0 Å². The predicted molar refractivity (Wildman–Crippen MR) is 248 cm³/mol. The number of fused-ring (bicyclic) bond motifs is 6. The van der Waals surface area contributed by atoms with E-state index in [0.717, 1.165) is 50.1 Å². The number of nitrogens with zero attached hydrogens (tertiary/aromatic N) is 1. The van der Waals surface area contributed by atoms with Crippen molar-refractivity contribution < 1.29 is 4.42 Å². The second kappa shape index (κ2) is 13.9. The van der Waals surface area contributed by atoms with Crippen molar-refractivity contribution in [2.75, 3.05) is 4.90 Å². The summed E-state index contributed by atoms with van der Waals surface area (Å²) in [5.41, 5.74) is 19.9. The Morgan fingerprint density at radius 1 is 0.356 bits per heavy atom. The lowest BCUT2D eigenvalue weighted by molar-refractivity contribution is 0.660. The maximum absolute atomic E-state index is 6.27. The smallest absolute Gasteiger partial charge is 0.136 e. The monoisotopic (exact) mass is 755 g/mol. The van der Waals surface area contributed by atoms with Crippen LogP contribution in [0.2, 0.25) is 0 Å². The van der Waals surface area contributed by atoms with Crippen LogP contribution >= 0.6 is 0 Å². The first-order chi connectivity index (χ1) is 29.0. The molecule has 280 valence electrons. The predicted octanol–water partition coefficient (Wildman–Crippen LogP) is 16.0. The molecule has 9 aromatic carbocycles. The summed E-state index contributed by atoms with van der Waals surface area (Å²) >= 11 is 0. The van der Waals surface area contributed by atoms with Gasteiger partial charge in [0.05, 0.1) is 5.69 Å². The molecule has 1 aliphatic carbocycles. The largest absolute Gasteiger partial charge is 0.456 e. The van der Waals surface area contributed by atoms with Gasteiger partial charge in [-0.1, -0.05) is 178 Å². The van der Waals surface area contributed by atoms with Crippen molar-refractivity contribution in [3.8, 4) is 55.6 Å². The van der Waals surface area contributed by atoms with Crippen LogP contribution < -0.4 is 4.90 Å². The molecule has 59 heavy (non-hydrogen) atoms. The van der Waals surface area contributed by atoms with Gasteiger partial charge in [-0.3, -0.25) is 0 Å². The molecule has 10 aromatic rings. The minimum atomic E-state index is -0.0904. The second-order valence-corrected chi connectivity index (χ2v) is 16.1. The van der Waals surface area contributed by atoms with Crippen molar-refractivity contribution in [2.24, 2.45) is 0 Å². The highest BCUT2D eigenvalue weighted by molar-refractivity contribution is 6.06. The molecule has 0 bridgehead atoms. The molecule has 0 N–H and O–H groups in total. The third-order valence-electron chi connectivity index (χ3n) is 12.3. The Balaban J connectivity index is 1.02. The summed E-state index contributed by atoms with van der Waals surface area (Å²) in [6, 6.07) is 76.8. The SMILES string of the molecule is CC1(C)c2ccccc2-c2c(-c3ccccc3N(c3ccc(-c4ccc(-c5ccccc5)cc4)cc3)c3ccc(-c4ccc5c(c4)oc4ccccc45)cc3)cccc21. The van der Waals surface area contributed by atoms with Gasteiger partial charge in [-0.2, -0.15) is 0 Å². The Kier molecular flexibility index (Phi) is 8.20. The summed E-state index contributed by atoms with van der Waals surface area (Å²) in [5.74, 6) is 0. The van der Waals surface area contributed by atoms with E-state index in [1.165, 1.54) is 55.6 Å². The van der Waals surface area contributed by atoms with Gasteiger partial charge in [0.2, 0.25) is 0 Å². The third-order valence-corrected chi connectivity index (χ3v) is 12.3. The van der Waals surface area contributed by atoms with Gasteiger partial charge in [0.25, 0.3) is 0 Å². The fourth-order valence-electron chi connectivity index (χ4n) is 9.30. The highest BCUT2D eigenvalue weighted by atomic mass is 16.3. The molecule has 0 fully saturated rings. The number of rotatable bonds is 7. The molecule has 11 rings (SSSR count). The minimum Gasteiger partial charge on any atom is -0.456 e. The molecule has 0 amide bonds.